The van der Waals surface area contributed by atoms with Gasteiger partial charge in [0.2, 0.25) is 0 Å². The number of alkyl halides is 3. The number of benzene rings is 3. The number of rotatable bonds is 7. The monoisotopic (exact) mass is 546 g/mol. The third-order valence-corrected chi connectivity index (χ3v) is 6.68. The molecule has 4 nitrogen and oxygen atoms in total. The second kappa shape index (κ2) is 10.8. The summed E-state index contributed by atoms with van der Waals surface area (Å²) < 4.78 is 62.5. The van der Waals surface area contributed by atoms with Gasteiger partial charge in [-0.2, -0.15) is 13.2 Å². The number of amides is 1. The highest BCUT2D eigenvalue weighted by atomic mass is 35.5. The van der Waals surface area contributed by atoms with Crippen LogP contribution in [-0.4, -0.2) is 10.9 Å². The normalized spacial score (nSPS) is 11.4. The molecule has 4 aromatic rings. The molecule has 1 aromatic heterocycles. The van der Waals surface area contributed by atoms with Crippen LogP contribution in [0.25, 0.3) is 11.1 Å². The van der Waals surface area contributed by atoms with E-state index in [-0.39, 0.29) is 16.9 Å². The Morgan fingerprint density at radius 3 is 2.46 bits per heavy atom. The van der Waals surface area contributed by atoms with Crippen LogP contribution in [0, 0.1) is 12.7 Å². The van der Waals surface area contributed by atoms with Crippen molar-refractivity contribution in [3.05, 3.63) is 106 Å². The van der Waals surface area contributed by atoms with Crippen molar-refractivity contribution in [2.45, 2.75) is 23.9 Å². The van der Waals surface area contributed by atoms with Crippen molar-refractivity contribution in [2.24, 2.45) is 5.73 Å². The van der Waals surface area contributed by atoms with E-state index < -0.39 is 39.8 Å². The molecule has 0 saturated carbocycles. The Hall–Kier alpha value is -3.56. The minimum atomic E-state index is -4.90. The van der Waals surface area contributed by atoms with Crippen LogP contribution in [0.5, 0.6) is 11.5 Å². The first-order valence-electron chi connectivity index (χ1n) is 10.8. The maximum atomic E-state index is 14.3. The Morgan fingerprint density at radius 1 is 1.08 bits per heavy atom. The van der Waals surface area contributed by atoms with Crippen LogP contribution in [0.2, 0.25) is 5.02 Å². The zero-order valence-corrected chi connectivity index (χ0v) is 20.8. The largest absolute Gasteiger partial charge is 0.456 e. The fraction of sp³-hybridized carbons (Fsp3) is 0.111. The first-order valence-corrected chi connectivity index (χ1v) is 12.2. The summed E-state index contributed by atoms with van der Waals surface area (Å²) in [5.41, 5.74) is 4.87. The molecule has 190 valence electrons. The van der Waals surface area contributed by atoms with Crippen LogP contribution in [0.3, 0.4) is 0 Å². The molecule has 10 heteroatoms. The van der Waals surface area contributed by atoms with E-state index in [0.717, 1.165) is 23.8 Å². The molecule has 0 fully saturated rings. The smallest absolute Gasteiger partial charge is 0.418 e. The fourth-order valence-electron chi connectivity index (χ4n) is 3.69. The minimum absolute atomic E-state index is 0.0494. The van der Waals surface area contributed by atoms with E-state index >= 15 is 0 Å². The summed E-state index contributed by atoms with van der Waals surface area (Å²) >= 11 is 7.39. The lowest BCUT2D eigenvalue weighted by Gasteiger charge is -2.22. The molecule has 0 saturated heterocycles. The van der Waals surface area contributed by atoms with Gasteiger partial charge in [0, 0.05) is 17.5 Å². The number of carbonyl (C=O) groups excluding carboxylic acids is 1. The van der Waals surface area contributed by atoms with E-state index in [1.807, 2.05) is 30.3 Å². The van der Waals surface area contributed by atoms with Gasteiger partial charge < -0.3 is 10.5 Å². The van der Waals surface area contributed by atoms with Crippen molar-refractivity contribution in [3.63, 3.8) is 0 Å². The van der Waals surface area contributed by atoms with Gasteiger partial charge in [0.1, 0.15) is 17.3 Å². The number of primary amides is 1. The number of hydrogen-bond donors (Lipinski definition) is 1. The van der Waals surface area contributed by atoms with Gasteiger partial charge in [0.15, 0.2) is 0 Å². The molecule has 0 aliphatic heterocycles. The summed E-state index contributed by atoms with van der Waals surface area (Å²) in [7, 11) is 0. The molecule has 0 bridgehead atoms. The van der Waals surface area contributed by atoms with Crippen molar-refractivity contribution < 1.29 is 27.1 Å². The summed E-state index contributed by atoms with van der Waals surface area (Å²) in [5, 5.41) is -0.270. The van der Waals surface area contributed by atoms with Crippen LogP contribution < -0.4 is 10.5 Å². The number of aryl methyl sites for hydroxylation is 1. The number of hydrogen-bond acceptors (Lipinski definition) is 4. The molecule has 2 N–H and O–H groups in total. The predicted octanol–water partition coefficient (Wildman–Crippen LogP) is 8.05. The molecule has 0 aliphatic carbocycles. The molecule has 3 aromatic carbocycles. The summed E-state index contributed by atoms with van der Waals surface area (Å²) in [5.74, 6) is -1.46. The second-order valence-corrected chi connectivity index (χ2v) is 9.42. The fourth-order valence-corrected chi connectivity index (χ4v) is 4.85. The molecular weight excluding hydrogens is 528 g/mol. The highest BCUT2D eigenvalue weighted by Gasteiger charge is 2.40. The van der Waals surface area contributed by atoms with Gasteiger partial charge in [0.25, 0.3) is 5.91 Å². The number of nitrogens with two attached hydrogens (primary N) is 1. The van der Waals surface area contributed by atoms with E-state index in [2.05, 4.69) is 4.98 Å². The first kappa shape index (κ1) is 26.5. The van der Waals surface area contributed by atoms with E-state index in [9.17, 15) is 22.4 Å². The Bertz CT molecular complexity index is 1460. The topological polar surface area (TPSA) is 65.2 Å². The summed E-state index contributed by atoms with van der Waals surface area (Å²) in [6.45, 7) is 1.52. The highest BCUT2D eigenvalue weighted by Crippen LogP contribution is 2.49. The molecular formula is C27H19ClF4N2O2S. The van der Waals surface area contributed by atoms with Gasteiger partial charge in [0.05, 0.1) is 21.2 Å². The highest BCUT2D eigenvalue weighted by molar-refractivity contribution is 7.98. The quantitative estimate of drug-likeness (QED) is 0.188. The molecule has 37 heavy (non-hydrogen) atoms. The van der Waals surface area contributed by atoms with E-state index in [4.69, 9.17) is 22.1 Å². The summed E-state index contributed by atoms with van der Waals surface area (Å²) in [4.78, 5) is 16.6. The average Bonchev–Trinajstić information content (AvgIpc) is 2.84. The van der Waals surface area contributed by atoms with Crippen molar-refractivity contribution in [2.75, 3.05) is 0 Å². The third-order valence-electron chi connectivity index (χ3n) is 5.38. The van der Waals surface area contributed by atoms with Crippen molar-refractivity contribution >= 4 is 29.3 Å². The zero-order valence-electron chi connectivity index (χ0n) is 19.3. The lowest BCUT2D eigenvalue weighted by atomic mass is 9.95. The van der Waals surface area contributed by atoms with Gasteiger partial charge in [-0.1, -0.05) is 41.9 Å². The lowest BCUT2D eigenvalue weighted by Crippen LogP contribution is -2.16. The van der Waals surface area contributed by atoms with E-state index in [0.29, 0.717) is 16.3 Å². The number of aromatic nitrogens is 1. The third kappa shape index (κ3) is 6.06. The Labute approximate surface area is 219 Å². The standard InChI is InChI=1S/C27H19ClF4N2O2S/c1-15-11-18(29)7-8-21(15)36-25-19(26(33)35)13-20(28)24(27(30,31)32)23(25)17-9-10-34-22(12-17)37-14-16-5-3-2-4-6-16/h2-13H,14H2,1H3,(H2,33,35). The van der Waals surface area contributed by atoms with Gasteiger partial charge in [-0.25, -0.2) is 9.37 Å². The minimum Gasteiger partial charge on any atom is -0.456 e. The van der Waals surface area contributed by atoms with Crippen molar-refractivity contribution in [1.29, 1.82) is 0 Å². The van der Waals surface area contributed by atoms with Gasteiger partial charge in [-0.05, 0) is 60.0 Å². The number of nitrogens with zero attached hydrogens (tertiary/aromatic N) is 1. The van der Waals surface area contributed by atoms with Crippen LogP contribution in [0.1, 0.15) is 27.0 Å². The van der Waals surface area contributed by atoms with Crippen LogP contribution in [0.15, 0.2) is 78.0 Å². The maximum absolute atomic E-state index is 14.3. The van der Waals surface area contributed by atoms with Crippen LogP contribution in [-0.2, 0) is 11.9 Å². The molecule has 0 radical (unpaired) electrons. The predicted molar refractivity (Wildman–Crippen MR) is 135 cm³/mol. The molecule has 1 amide bonds. The van der Waals surface area contributed by atoms with E-state index in [1.165, 1.54) is 43.1 Å². The molecule has 1 heterocycles. The van der Waals surface area contributed by atoms with Crippen molar-refractivity contribution in [1.82, 2.24) is 4.98 Å². The number of pyridine rings is 1. The molecule has 0 spiro atoms. The van der Waals surface area contributed by atoms with Crippen LogP contribution in [0.4, 0.5) is 17.6 Å². The summed E-state index contributed by atoms with van der Waals surface area (Å²) in [6.07, 6.45) is -3.54. The molecule has 0 atom stereocenters. The van der Waals surface area contributed by atoms with Gasteiger partial charge in [-0.3, -0.25) is 4.79 Å². The number of thioether (sulfide) groups is 1. The van der Waals surface area contributed by atoms with Gasteiger partial charge in [-0.15, -0.1) is 11.8 Å². The maximum Gasteiger partial charge on any atom is 0.418 e. The first-order chi connectivity index (χ1) is 17.5. The SMILES string of the molecule is Cc1cc(F)ccc1Oc1c(C(N)=O)cc(Cl)c(C(F)(F)F)c1-c1ccnc(SCc2ccccc2)c1. The zero-order chi connectivity index (χ0) is 26.7. The Balaban J connectivity index is 1.90. The number of halogens is 5. The molecule has 0 aliphatic rings. The number of carbonyl (C=O) groups is 1. The lowest BCUT2D eigenvalue weighted by molar-refractivity contribution is -0.137. The second-order valence-electron chi connectivity index (χ2n) is 8.02. The summed E-state index contributed by atoms with van der Waals surface area (Å²) in [6, 6.07) is 16.7. The van der Waals surface area contributed by atoms with E-state index in [1.54, 1.807) is 0 Å². The number of ether oxygens (including phenoxy) is 1. The molecule has 0 unspecified atom stereocenters. The van der Waals surface area contributed by atoms with Crippen molar-refractivity contribution in [3.8, 4) is 22.6 Å². The van der Waals surface area contributed by atoms with Gasteiger partial charge >= 0.3 is 6.18 Å². The Morgan fingerprint density at radius 2 is 1.81 bits per heavy atom. The van der Waals surface area contributed by atoms with Crippen LogP contribution >= 0.6 is 23.4 Å². The average molecular weight is 547 g/mol. The molecule has 4 rings (SSSR count). The Kier molecular flexibility index (Phi) is 7.75.